The van der Waals surface area contributed by atoms with Crippen LogP contribution in [-0.4, -0.2) is 63.5 Å². The van der Waals surface area contributed by atoms with E-state index in [2.05, 4.69) is 16.3 Å². The summed E-state index contributed by atoms with van der Waals surface area (Å²) in [6.07, 6.45) is 6.60. The summed E-state index contributed by atoms with van der Waals surface area (Å²) in [6.45, 7) is 4.25. The van der Waals surface area contributed by atoms with Gasteiger partial charge in [-0.1, -0.05) is 31.4 Å². The van der Waals surface area contributed by atoms with Gasteiger partial charge in [-0.05, 0) is 25.0 Å². The number of methoxy groups -OCH3 is 1. The molecular formula is C20H31N3O3. The maximum absolute atomic E-state index is 12.3. The third-order valence-electron chi connectivity index (χ3n) is 5.28. The Bertz CT molecular complexity index is 567. The molecule has 26 heavy (non-hydrogen) atoms. The first-order valence-corrected chi connectivity index (χ1v) is 9.80. The number of amides is 2. The molecule has 6 nitrogen and oxygen atoms in total. The number of ether oxygens (including phenoxy) is 2. The summed E-state index contributed by atoms with van der Waals surface area (Å²) >= 11 is 0. The van der Waals surface area contributed by atoms with Crippen LogP contribution in [0, 0.1) is 0 Å². The molecule has 1 aromatic carbocycles. The highest BCUT2D eigenvalue weighted by molar-refractivity contribution is 5.74. The summed E-state index contributed by atoms with van der Waals surface area (Å²) in [6, 6.07) is 8.04. The number of anilines is 1. The smallest absolute Gasteiger partial charge is 0.317 e. The van der Waals surface area contributed by atoms with Gasteiger partial charge in [0.15, 0.2) is 0 Å². The number of hydrogen-bond acceptors (Lipinski definition) is 4. The third-order valence-corrected chi connectivity index (χ3v) is 5.28. The van der Waals surface area contributed by atoms with E-state index in [0.717, 1.165) is 24.5 Å². The lowest BCUT2D eigenvalue weighted by Gasteiger charge is -2.36. The van der Waals surface area contributed by atoms with Crippen LogP contribution in [0.4, 0.5) is 10.5 Å². The normalized spacial score (nSPS) is 18.7. The van der Waals surface area contributed by atoms with Gasteiger partial charge in [-0.25, -0.2) is 4.79 Å². The second-order valence-electron chi connectivity index (χ2n) is 7.01. The molecule has 144 valence electrons. The lowest BCUT2D eigenvalue weighted by atomic mass is 9.98. The number of piperazine rings is 1. The maximum atomic E-state index is 12.3. The van der Waals surface area contributed by atoms with E-state index in [9.17, 15) is 4.79 Å². The van der Waals surface area contributed by atoms with Crippen LogP contribution in [0.25, 0.3) is 0 Å². The highest BCUT2D eigenvalue weighted by Crippen LogP contribution is 2.28. The predicted octanol–water partition coefficient (Wildman–Crippen LogP) is 2.88. The van der Waals surface area contributed by atoms with E-state index >= 15 is 0 Å². The predicted molar refractivity (Wildman–Crippen MR) is 103 cm³/mol. The third kappa shape index (κ3) is 5.04. The number of para-hydroxylation sites is 2. The van der Waals surface area contributed by atoms with Crippen molar-refractivity contribution in [3.63, 3.8) is 0 Å². The molecule has 1 heterocycles. The molecule has 1 saturated carbocycles. The van der Waals surface area contributed by atoms with Gasteiger partial charge in [0.1, 0.15) is 5.75 Å². The van der Waals surface area contributed by atoms with Gasteiger partial charge < -0.3 is 24.6 Å². The number of rotatable bonds is 6. The van der Waals surface area contributed by atoms with Crippen molar-refractivity contribution in [2.75, 3.05) is 51.3 Å². The van der Waals surface area contributed by atoms with Crippen molar-refractivity contribution in [2.24, 2.45) is 0 Å². The van der Waals surface area contributed by atoms with E-state index < -0.39 is 0 Å². The molecule has 0 unspecified atom stereocenters. The average Bonchev–Trinajstić information content (AvgIpc) is 2.72. The minimum atomic E-state index is 0.0110. The van der Waals surface area contributed by atoms with Crippen LogP contribution >= 0.6 is 0 Å². The molecule has 1 aromatic rings. The summed E-state index contributed by atoms with van der Waals surface area (Å²) < 4.78 is 11.3. The van der Waals surface area contributed by atoms with Gasteiger partial charge in [0, 0.05) is 32.7 Å². The summed E-state index contributed by atoms with van der Waals surface area (Å²) in [5, 5.41) is 2.99. The largest absolute Gasteiger partial charge is 0.495 e. The van der Waals surface area contributed by atoms with Gasteiger partial charge in [0.2, 0.25) is 0 Å². The van der Waals surface area contributed by atoms with Crippen LogP contribution in [0.2, 0.25) is 0 Å². The number of nitrogens with one attached hydrogen (secondary N) is 1. The van der Waals surface area contributed by atoms with Gasteiger partial charge >= 0.3 is 6.03 Å². The standard InChI is InChI=1S/C20H31N3O3/c1-25-19-10-6-5-9-18(19)22-12-14-23(15-13-22)20(24)21-11-16-26-17-7-3-2-4-8-17/h5-6,9-10,17H,2-4,7-8,11-16H2,1H3,(H,21,24). The second kappa shape index (κ2) is 9.67. The molecule has 1 aliphatic carbocycles. The van der Waals surface area contributed by atoms with Crippen molar-refractivity contribution in [3.8, 4) is 5.75 Å². The van der Waals surface area contributed by atoms with Crippen LogP contribution in [0.5, 0.6) is 5.75 Å². The fraction of sp³-hybridized carbons (Fsp3) is 0.650. The number of nitrogens with zero attached hydrogens (tertiary/aromatic N) is 2. The van der Waals surface area contributed by atoms with Crippen LogP contribution in [0.3, 0.4) is 0 Å². The highest BCUT2D eigenvalue weighted by atomic mass is 16.5. The second-order valence-corrected chi connectivity index (χ2v) is 7.01. The van der Waals surface area contributed by atoms with Crippen LogP contribution in [0.1, 0.15) is 32.1 Å². The fourth-order valence-electron chi connectivity index (χ4n) is 3.77. The summed E-state index contributed by atoms with van der Waals surface area (Å²) in [4.78, 5) is 16.5. The first kappa shape index (κ1) is 18.8. The van der Waals surface area contributed by atoms with Crippen LogP contribution < -0.4 is 15.0 Å². The number of hydrogen-bond donors (Lipinski definition) is 1. The summed E-state index contributed by atoms with van der Waals surface area (Å²) in [5.41, 5.74) is 1.09. The molecule has 1 N–H and O–H groups in total. The Morgan fingerprint density at radius 1 is 1.12 bits per heavy atom. The minimum Gasteiger partial charge on any atom is -0.495 e. The molecule has 1 saturated heterocycles. The number of benzene rings is 1. The Hall–Kier alpha value is -1.95. The van der Waals surface area contributed by atoms with E-state index in [-0.39, 0.29) is 6.03 Å². The molecule has 0 radical (unpaired) electrons. The number of urea groups is 1. The highest BCUT2D eigenvalue weighted by Gasteiger charge is 2.22. The van der Waals surface area contributed by atoms with E-state index in [1.807, 2.05) is 23.1 Å². The van der Waals surface area contributed by atoms with E-state index in [0.29, 0.717) is 32.3 Å². The molecule has 0 atom stereocenters. The SMILES string of the molecule is COc1ccccc1N1CCN(C(=O)NCCOC2CCCCC2)CC1. The number of carbonyl (C=O) groups excluding carboxylic acids is 1. The first-order chi connectivity index (χ1) is 12.8. The molecule has 0 aromatic heterocycles. The maximum Gasteiger partial charge on any atom is 0.317 e. The van der Waals surface area contributed by atoms with Crippen molar-refractivity contribution in [2.45, 2.75) is 38.2 Å². The Morgan fingerprint density at radius 3 is 2.58 bits per heavy atom. The molecule has 6 heteroatoms. The monoisotopic (exact) mass is 361 g/mol. The van der Waals surface area contributed by atoms with E-state index in [1.54, 1.807) is 7.11 Å². The quantitative estimate of drug-likeness (QED) is 0.792. The molecule has 0 bridgehead atoms. The molecule has 1 aliphatic heterocycles. The molecule has 2 amide bonds. The lowest BCUT2D eigenvalue weighted by Crippen LogP contribution is -2.52. The fourth-order valence-corrected chi connectivity index (χ4v) is 3.77. The van der Waals surface area contributed by atoms with Gasteiger partial charge in [0.05, 0.1) is 25.5 Å². The van der Waals surface area contributed by atoms with Crippen molar-refractivity contribution in [1.29, 1.82) is 0 Å². The lowest BCUT2D eigenvalue weighted by molar-refractivity contribution is 0.0307. The molecule has 3 rings (SSSR count). The zero-order chi connectivity index (χ0) is 18.2. The Balaban J connectivity index is 1.36. The summed E-state index contributed by atoms with van der Waals surface area (Å²) in [7, 11) is 1.69. The van der Waals surface area contributed by atoms with Crippen LogP contribution in [0.15, 0.2) is 24.3 Å². The van der Waals surface area contributed by atoms with Crippen molar-refractivity contribution in [1.82, 2.24) is 10.2 Å². The summed E-state index contributed by atoms with van der Waals surface area (Å²) in [5.74, 6) is 0.880. The van der Waals surface area contributed by atoms with Crippen molar-refractivity contribution in [3.05, 3.63) is 24.3 Å². The Kier molecular flexibility index (Phi) is 7.00. The van der Waals surface area contributed by atoms with Crippen molar-refractivity contribution >= 4 is 11.7 Å². The van der Waals surface area contributed by atoms with Crippen LogP contribution in [-0.2, 0) is 4.74 Å². The Morgan fingerprint density at radius 2 is 1.85 bits per heavy atom. The molecule has 2 fully saturated rings. The zero-order valence-electron chi connectivity index (χ0n) is 15.8. The van der Waals surface area contributed by atoms with Gasteiger partial charge in [-0.15, -0.1) is 0 Å². The zero-order valence-corrected chi connectivity index (χ0v) is 15.8. The first-order valence-electron chi connectivity index (χ1n) is 9.80. The molecule has 0 spiro atoms. The average molecular weight is 361 g/mol. The van der Waals surface area contributed by atoms with E-state index in [4.69, 9.17) is 9.47 Å². The van der Waals surface area contributed by atoms with Gasteiger partial charge in [-0.2, -0.15) is 0 Å². The molecule has 2 aliphatic rings. The van der Waals surface area contributed by atoms with Gasteiger partial charge in [-0.3, -0.25) is 0 Å². The van der Waals surface area contributed by atoms with Gasteiger partial charge in [0.25, 0.3) is 0 Å². The minimum absolute atomic E-state index is 0.0110. The van der Waals surface area contributed by atoms with Crippen molar-refractivity contribution < 1.29 is 14.3 Å². The van der Waals surface area contributed by atoms with E-state index in [1.165, 1.54) is 32.1 Å². The Labute approximate surface area is 156 Å². The topological polar surface area (TPSA) is 54.0 Å². The molecular weight excluding hydrogens is 330 g/mol. The number of carbonyl (C=O) groups is 1.